The molecule has 5 rings (SSSR count). The molecular formula is C23H21N3O3S3. The van der Waals surface area contributed by atoms with Gasteiger partial charge in [0.1, 0.15) is 0 Å². The van der Waals surface area contributed by atoms with Gasteiger partial charge in [-0.1, -0.05) is 30.3 Å². The lowest BCUT2D eigenvalue weighted by atomic mass is 10.1. The van der Waals surface area contributed by atoms with E-state index in [0.717, 1.165) is 32.7 Å². The molecule has 1 amide bonds. The van der Waals surface area contributed by atoms with Crippen LogP contribution in [0.2, 0.25) is 0 Å². The highest BCUT2D eigenvalue weighted by molar-refractivity contribution is 8.02. The fourth-order valence-electron chi connectivity index (χ4n) is 4.01. The second-order valence-corrected chi connectivity index (χ2v) is 12.2. The Kier molecular flexibility index (Phi) is 5.56. The minimum Gasteiger partial charge on any atom is -0.358 e. The summed E-state index contributed by atoms with van der Waals surface area (Å²) in [6, 6.07) is 15.4. The molecule has 2 aromatic heterocycles. The number of carbonyl (C=O) groups is 1. The molecule has 0 spiro atoms. The first kappa shape index (κ1) is 21.2. The molecule has 4 aromatic rings. The molecule has 3 heterocycles. The Morgan fingerprint density at radius 2 is 1.97 bits per heavy atom. The summed E-state index contributed by atoms with van der Waals surface area (Å²) >= 11 is 2.85. The number of hydrogen-bond acceptors (Lipinski definition) is 6. The van der Waals surface area contributed by atoms with Crippen LogP contribution in [0.1, 0.15) is 22.5 Å². The van der Waals surface area contributed by atoms with Gasteiger partial charge < -0.3 is 4.98 Å². The maximum absolute atomic E-state index is 13.0. The zero-order chi connectivity index (χ0) is 22.3. The molecule has 2 aromatic carbocycles. The zero-order valence-corrected chi connectivity index (χ0v) is 19.7. The van der Waals surface area contributed by atoms with Crippen LogP contribution >= 0.6 is 23.1 Å². The van der Waals surface area contributed by atoms with Gasteiger partial charge in [-0.15, -0.1) is 23.1 Å². The number of rotatable bonds is 5. The third-order valence-electron chi connectivity index (χ3n) is 5.49. The lowest BCUT2D eigenvalue weighted by Gasteiger charge is -2.12. The summed E-state index contributed by atoms with van der Waals surface area (Å²) in [5.41, 5.74) is 4.47. The number of nitrogens with one attached hydrogen (secondary N) is 2. The van der Waals surface area contributed by atoms with Crippen LogP contribution in [0.3, 0.4) is 0 Å². The normalized spacial score (nSPS) is 17.6. The van der Waals surface area contributed by atoms with E-state index < -0.39 is 9.84 Å². The number of aromatic nitrogens is 2. The first-order valence-electron chi connectivity index (χ1n) is 10.2. The van der Waals surface area contributed by atoms with Gasteiger partial charge in [-0.05, 0) is 31.5 Å². The van der Waals surface area contributed by atoms with Crippen molar-refractivity contribution in [3.63, 3.8) is 0 Å². The first-order chi connectivity index (χ1) is 15.4. The third kappa shape index (κ3) is 4.20. The molecule has 9 heteroatoms. The van der Waals surface area contributed by atoms with E-state index in [4.69, 9.17) is 0 Å². The zero-order valence-electron chi connectivity index (χ0n) is 17.3. The Hall–Kier alpha value is -2.62. The molecule has 2 N–H and O–H groups in total. The Balaban J connectivity index is 1.37. The third-order valence-corrected chi connectivity index (χ3v) is 9.57. The molecule has 0 aliphatic carbocycles. The number of aromatic amines is 1. The van der Waals surface area contributed by atoms with Crippen LogP contribution in [-0.2, 0) is 9.84 Å². The van der Waals surface area contributed by atoms with E-state index >= 15 is 0 Å². The van der Waals surface area contributed by atoms with Crippen molar-refractivity contribution in [2.45, 2.75) is 23.5 Å². The number of thioether (sulfide) groups is 1. The Morgan fingerprint density at radius 1 is 1.19 bits per heavy atom. The van der Waals surface area contributed by atoms with Crippen LogP contribution in [-0.4, -0.2) is 41.0 Å². The van der Waals surface area contributed by atoms with Crippen molar-refractivity contribution >= 4 is 54.9 Å². The standard InChI is InChI=1S/C23H21N3O3S3/c1-14-21(16-6-2-4-8-18(16)24-14)19-12-30-23(25-19)26-22(27)17-7-3-5-9-20(17)31-15-10-11-32(28,29)13-15/h2-9,12,15,24H,10-11,13H2,1H3,(H,25,26,27). The van der Waals surface area contributed by atoms with Crippen LogP contribution in [0, 0.1) is 6.92 Å². The predicted molar refractivity (Wildman–Crippen MR) is 131 cm³/mol. The molecule has 0 radical (unpaired) electrons. The number of aryl methyl sites for hydroxylation is 1. The largest absolute Gasteiger partial charge is 0.358 e. The summed E-state index contributed by atoms with van der Waals surface area (Å²) in [6.07, 6.45) is 0.614. The van der Waals surface area contributed by atoms with Crippen molar-refractivity contribution in [2.75, 3.05) is 16.8 Å². The highest BCUT2D eigenvalue weighted by Gasteiger charge is 2.29. The Bertz CT molecular complexity index is 1420. The van der Waals surface area contributed by atoms with E-state index in [1.54, 1.807) is 6.07 Å². The molecule has 164 valence electrons. The van der Waals surface area contributed by atoms with Crippen LogP contribution in [0.15, 0.2) is 58.8 Å². The van der Waals surface area contributed by atoms with E-state index in [1.807, 2.05) is 48.7 Å². The highest BCUT2D eigenvalue weighted by atomic mass is 32.2. The minimum absolute atomic E-state index is 0.0229. The average molecular weight is 484 g/mol. The van der Waals surface area contributed by atoms with E-state index in [2.05, 4.69) is 21.4 Å². The number of anilines is 1. The fourth-order valence-corrected chi connectivity index (χ4v) is 8.33. The summed E-state index contributed by atoms with van der Waals surface area (Å²) in [6.45, 7) is 2.02. The van der Waals surface area contributed by atoms with Crippen molar-refractivity contribution < 1.29 is 13.2 Å². The summed E-state index contributed by atoms with van der Waals surface area (Å²) < 4.78 is 23.6. The molecule has 1 saturated heterocycles. The molecule has 0 saturated carbocycles. The van der Waals surface area contributed by atoms with E-state index in [9.17, 15) is 13.2 Å². The molecule has 32 heavy (non-hydrogen) atoms. The highest BCUT2D eigenvalue weighted by Crippen LogP contribution is 2.35. The van der Waals surface area contributed by atoms with Gasteiger partial charge in [-0.2, -0.15) is 0 Å². The topological polar surface area (TPSA) is 91.9 Å². The second kappa shape index (κ2) is 8.38. The van der Waals surface area contributed by atoms with Crippen LogP contribution in [0.4, 0.5) is 5.13 Å². The van der Waals surface area contributed by atoms with Crippen molar-refractivity contribution in [1.29, 1.82) is 0 Å². The lowest BCUT2D eigenvalue weighted by molar-refractivity contribution is 0.102. The van der Waals surface area contributed by atoms with Crippen molar-refractivity contribution in [3.05, 3.63) is 65.2 Å². The first-order valence-corrected chi connectivity index (χ1v) is 13.8. The van der Waals surface area contributed by atoms with Crippen LogP contribution < -0.4 is 5.32 Å². The number of amides is 1. The summed E-state index contributed by atoms with van der Waals surface area (Å²) in [5.74, 6) is 0.132. The van der Waals surface area contributed by atoms with E-state index in [-0.39, 0.29) is 22.7 Å². The van der Waals surface area contributed by atoms with Gasteiger partial charge in [-0.3, -0.25) is 10.1 Å². The molecule has 1 aliphatic heterocycles. The Labute approximate surface area is 194 Å². The van der Waals surface area contributed by atoms with Crippen molar-refractivity contribution in [2.24, 2.45) is 0 Å². The predicted octanol–water partition coefficient (Wildman–Crippen LogP) is 5.13. The van der Waals surface area contributed by atoms with Gasteiger partial charge in [-0.25, -0.2) is 13.4 Å². The minimum atomic E-state index is -2.97. The fraction of sp³-hybridized carbons (Fsp3) is 0.217. The maximum Gasteiger partial charge on any atom is 0.258 e. The molecule has 1 aliphatic rings. The van der Waals surface area contributed by atoms with Crippen molar-refractivity contribution in [3.8, 4) is 11.3 Å². The average Bonchev–Trinajstić information content (AvgIpc) is 3.44. The van der Waals surface area contributed by atoms with Gasteiger partial charge in [0.15, 0.2) is 15.0 Å². The molecular weight excluding hydrogens is 462 g/mol. The van der Waals surface area contributed by atoms with E-state index in [1.165, 1.54) is 23.1 Å². The second-order valence-electron chi connectivity index (χ2n) is 7.80. The van der Waals surface area contributed by atoms with Crippen LogP contribution in [0.25, 0.3) is 22.2 Å². The molecule has 1 fully saturated rings. The monoisotopic (exact) mass is 483 g/mol. The summed E-state index contributed by atoms with van der Waals surface area (Å²) in [7, 11) is -2.97. The van der Waals surface area contributed by atoms with Crippen LogP contribution in [0.5, 0.6) is 0 Å². The molecule has 0 bridgehead atoms. The molecule has 1 unspecified atom stereocenters. The summed E-state index contributed by atoms with van der Waals surface area (Å²) in [5, 5.41) is 6.46. The SMILES string of the molecule is Cc1[nH]c2ccccc2c1-c1csc(NC(=O)c2ccccc2SC2CCS(=O)(=O)C2)n1. The Morgan fingerprint density at radius 3 is 2.78 bits per heavy atom. The number of H-pyrrole nitrogens is 1. The number of sulfone groups is 1. The number of hydrogen-bond donors (Lipinski definition) is 2. The quantitative estimate of drug-likeness (QED) is 0.410. The molecule has 6 nitrogen and oxygen atoms in total. The number of fused-ring (bicyclic) bond motifs is 1. The number of benzene rings is 2. The molecule has 1 atom stereocenters. The van der Waals surface area contributed by atoms with E-state index in [0.29, 0.717) is 17.1 Å². The van der Waals surface area contributed by atoms with Gasteiger partial charge >= 0.3 is 0 Å². The van der Waals surface area contributed by atoms with Gasteiger partial charge in [0.25, 0.3) is 5.91 Å². The number of nitrogens with zero attached hydrogens (tertiary/aromatic N) is 1. The van der Waals surface area contributed by atoms with Crippen molar-refractivity contribution in [1.82, 2.24) is 9.97 Å². The number of para-hydroxylation sites is 1. The van der Waals surface area contributed by atoms with Gasteiger partial charge in [0.05, 0.1) is 22.8 Å². The maximum atomic E-state index is 13.0. The smallest absolute Gasteiger partial charge is 0.258 e. The summed E-state index contributed by atoms with van der Waals surface area (Å²) in [4.78, 5) is 21.9. The number of carbonyl (C=O) groups excluding carboxylic acids is 1. The van der Waals surface area contributed by atoms with Gasteiger partial charge in [0, 0.05) is 37.7 Å². The van der Waals surface area contributed by atoms with Gasteiger partial charge in [0.2, 0.25) is 0 Å². The number of thiazole rings is 1. The lowest BCUT2D eigenvalue weighted by Crippen LogP contribution is -2.14.